The molecule has 29 heavy (non-hydrogen) atoms. The van der Waals surface area contributed by atoms with Crippen LogP contribution in [0, 0.1) is 0 Å². The fourth-order valence-electron chi connectivity index (χ4n) is 2.50. The topological polar surface area (TPSA) is 128 Å². The Morgan fingerprint density at radius 1 is 1.28 bits per heavy atom. The van der Waals surface area contributed by atoms with Crippen LogP contribution in [0.25, 0.3) is 11.0 Å². The van der Waals surface area contributed by atoms with Crippen molar-refractivity contribution in [1.82, 2.24) is 45.3 Å². The number of aryl methyl sites for hydroxylation is 1. The van der Waals surface area contributed by atoms with Crippen molar-refractivity contribution in [3.63, 3.8) is 0 Å². The number of thioether (sulfide) groups is 2. The molecule has 0 unspecified atom stereocenters. The van der Waals surface area contributed by atoms with Crippen molar-refractivity contribution < 1.29 is 4.79 Å². The molecule has 3 heterocycles. The van der Waals surface area contributed by atoms with E-state index in [-0.39, 0.29) is 17.7 Å². The van der Waals surface area contributed by atoms with Gasteiger partial charge in [0.2, 0.25) is 11.1 Å². The van der Waals surface area contributed by atoms with Crippen LogP contribution in [0.1, 0.15) is 20.8 Å². The van der Waals surface area contributed by atoms with Gasteiger partial charge in [-0.2, -0.15) is 5.10 Å². The lowest BCUT2D eigenvalue weighted by atomic mass is 10.3. The van der Waals surface area contributed by atoms with Crippen LogP contribution in [0.3, 0.4) is 0 Å². The zero-order chi connectivity index (χ0) is 20.8. The van der Waals surface area contributed by atoms with E-state index in [2.05, 4.69) is 62.0 Å². The highest BCUT2D eigenvalue weighted by Crippen LogP contribution is 2.24. The predicted molar refractivity (Wildman–Crippen MR) is 113 cm³/mol. The van der Waals surface area contributed by atoms with Crippen molar-refractivity contribution in [2.75, 3.05) is 23.4 Å². The molecule has 0 bridgehead atoms. The molecule has 156 valence electrons. The Morgan fingerprint density at radius 3 is 2.79 bits per heavy atom. The quantitative estimate of drug-likeness (QED) is 0.353. The molecule has 0 aliphatic heterocycles. The van der Waals surface area contributed by atoms with Crippen molar-refractivity contribution in [2.45, 2.75) is 43.7 Å². The highest BCUT2D eigenvalue weighted by Gasteiger charge is 2.14. The van der Waals surface area contributed by atoms with Gasteiger partial charge in [-0.15, -0.1) is 5.10 Å². The number of nitrogens with zero attached hydrogens (tertiary/aromatic N) is 8. The van der Waals surface area contributed by atoms with E-state index in [0.29, 0.717) is 23.4 Å². The van der Waals surface area contributed by atoms with Crippen molar-refractivity contribution in [3.8, 4) is 0 Å². The summed E-state index contributed by atoms with van der Waals surface area (Å²) < 4.78 is 3.32. The zero-order valence-electron chi connectivity index (χ0n) is 16.8. The Morgan fingerprint density at radius 2 is 2.10 bits per heavy atom. The van der Waals surface area contributed by atoms with Crippen molar-refractivity contribution in [2.24, 2.45) is 7.05 Å². The van der Waals surface area contributed by atoms with E-state index in [1.165, 1.54) is 16.4 Å². The van der Waals surface area contributed by atoms with E-state index >= 15 is 0 Å². The van der Waals surface area contributed by atoms with Gasteiger partial charge in [0.25, 0.3) is 0 Å². The molecule has 3 rings (SSSR count). The molecular weight excluding hydrogens is 412 g/mol. The molecule has 0 fully saturated rings. The van der Waals surface area contributed by atoms with Gasteiger partial charge in [0.15, 0.2) is 10.8 Å². The summed E-state index contributed by atoms with van der Waals surface area (Å²) in [6, 6.07) is 0.247. The lowest BCUT2D eigenvalue weighted by Crippen LogP contribution is -2.29. The minimum atomic E-state index is -0.0894. The second kappa shape index (κ2) is 9.87. The molecule has 3 aromatic rings. The lowest BCUT2D eigenvalue weighted by Gasteiger charge is -2.11. The minimum Gasteiger partial charge on any atom is -0.367 e. The van der Waals surface area contributed by atoms with Gasteiger partial charge >= 0.3 is 0 Å². The number of tetrazole rings is 1. The molecule has 0 saturated carbocycles. The first kappa shape index (κ1) is 21.3. The number of fused-ring (bicyclic) bond motifs is 1. The van der Waals surface area contributed by atoms with Gasteiger partial charge in [0, 0.05) is 19.6 Å². The van der Waals surface area contributed by atoms with E-state index in [1.54, 1.807) is 29.7 Å². The van der Waals surface area contributed by atoms with Gasteiger partial charge in [-0.1, -0.05) is 30.4 Å². The molecule has 0 spiro atoms. The Kier molecular flexibility index (Phi) is 7.25. The highest BCUT2D eigenvalue weighted by molar-refractivity contribution is 7.99. The number of nitrogens with one attached hydrogen (secondary N) is 2. The monoisotopic (exact) mass is 436 g/mol. The molecular formula is C16H24N10OS2. The Hall–Kier alpha value is -2.41. The van der Waals surface area contributed by atoms with Crippen LogP contribution >= 0.6 is 23.5 Å². The number of anilines is 1. The lowest BCUT2D eigenvalue weighted by molar-refractivity contribution is -0.118. The summed E-state index contributed by atoms with van der Waals surface area (Å²) in [7, 11) is 1.73. The molecule has 13 heteroatoms. The Bertz CT molecular complexity index is 970. The third kappa shape index (κ3) is 5.56. The SMILES string of the molecule is CCSc1nc(NC(C)C)c2cnn(CCNC(=O)CSc3nnnn3C)c2n1. The first-order valence-corrected chi connectivity index (χ1v) is 11.2. The Labute approximate surface area is 176 Å². The molecule has 0 saturated heterocycles. The number of carbonyl (C=O) groups is 1. The molecule has 2 N–H and O–H groups in total. The van der Waals surface area contributed by atoms with Crippen LogP contribution in [0.15, 0.2) is 16.5 Å². The summed E-state index contributed by atoms with van der Waals surface area (Å²) in [6.45, 7) is 7.15. The molecule has 0 aromatic carbocycles. The molecule has 0 atom stereocenters. The normalized spacial score (nSPS) is 11.3. The Balaban J connectivity index is 1.63. The van der Waals surface area contributed by atoms with E-state index in [0.717, 1.165) is 22.6 Å². The molecule has 0 aliphatic rings. The van der Waals surface area contributed by atoms with Crippen molar-refractivity contribution in [3.05, 3.63) is 6.20 Å². The van der Waals surface area contributed by atoms with Gasteiger partial charge < -0.3 is 10.6 Å². The fraction of sp³-hybridized carbons (Fsp3) is 0.562. The van der Waals surface area contributed by atoms with Crippen LogP contribution in [0.2, 0.25) is 0 Å². The standard InChI is InChI=1S/C16H24N10OS2/c1-5-28-15-20-13(19-10(2)3)11-8-18-26(14(11)21-15)7-6-17-12(27)9-29-16-22-23-24-25(16)4/h8,10H,5-7,9H2,1-4H3,(H,17,27)(H,19,20,21). The molecule has 0 radical (unpaired) electrons. The second-order valence-corrected chi connectivity index (χ2v) is 8.59. The summed E-state index contributed by atoms with van der Waals surface area (Å²) in [5, 5.41) is 24.0. The first-order valence-electron chi connectivity index (χ1n) is 9.22. The minimum absolute atomic E-state index is 0.0894. The number of aromatic nitrogens is 8. The van der Waals surface area contributed by atoms with E-state index in [1.807, 2.05) is 0 Å². The van der Waals surface area contributed by atoms with Crippen LogP contribution in [-0.4, -0.2) is 70.0 Å². The van der Waals surface area contributed by atoms with Crippen molar-refractivity contribution >= 4 is 46.3 Å². The van der Waals surface area contributed by atoms with Gasteiger partial charge in [-0.25, -0.2) is 19.3 Å². The number of rotatable bonds is 10. The second-order valence-electron chi connectivity index (χ2n) is 6.42. The number of hydrogen-bond acceptors (Lipinski definition) is 10. The summed E-state index contributed by atoms with van der Waals surface area (Å²) >= 11 is 2.87. The molecule has 3 aromatic heterocycles. The van der Waals surface area contributed by atoms with Gasteiger partial charge in [0.05, 0.1) is 23.9 Å². The zero-order valence-corrected chi connectivity index (χ0v) is 18.4. The molecule has 0 aliphatic carbocycles. The maximum Gasteiger partial charge on any atom is 0.230 e. The average Bonchev–Trinajstić information content (AvgIpc) is 3.26. The van der Waals surface area contributed by atoms with Crippen LogP contribution in [-0.2, 0) is 18.4 Å². The smallest absolute Gasteiger partial charge is 0.230 e. The van der Waals surface area contributed by atoms with Gasteiger partial charge in [0.1, 0.15) is 5.82 Å². The maximum atomic E-state index is 12.1. The third-order valence-corrected chi connectivity index (χ3v) is 5.47. The largest absolute Gasteiger partial charge is 0.367 e. The number of amides is 1. The third-order valence-electron chi connectivity index (χ3n) is 3.73. The summed E-state index contributed by atoms with van der Waals surface area (Å²) in [5.41, 5.74) is 0.757. The summed E-state index contributed by atoms with van der Waals surface area (Å²) in [5.74, 6) is 1.82. The van der Waals surface area contributed by atoms with Crippen LogP contribution in [0.5, 0.6) is 0 Å². The summed E-state index contributed by atoms with van der Waals surface area (Å²) in [6.07, 6.45) is 1.76. The molecule has 11 nitrogen and oxygen atoms in total. The van der Waals surface area contributed by atoms with E-state index < -0.39 is 0 Å². The van der Waals surface area contributed by atoms with Gasteiger partial charge in [-0.3, -0.25) is 4.79 Å². The first-order chi connectivity index (χ1) is 14.0. The van der Waals surface area contributed by atoms with Crippen LogP contribution in [0.4, 0.5) is 5.82 Å². The average molecular weight is 437 g/mol. The number of hydrogen-bond donors (Lipinski definition) is 2. The highest BCUT2D eigenvalue weighted by atomic mass is 32.2. The van der Waals surface area contributed by atoms with Crippen molar-refractivity contribution in [1.29, 1.82) is 0 Å². The summed E-state index contributed by atoms with van der Waals surface area (Å²) in [4.78, 5) is 21.3. The van der Waals surface area contributed by atoms with Crippen LogP contribution < -0.4 is 10.6 Å². The van der Waals surface area contributed by atoms with E-state index in [4.69, 9.17) is 0 Å². The van der Waals surface area contributed by atoms with Gasteiger partial charge in [-0.05, 0) is 30.0 Å². The fourth-order valence-corrected chi connectivity index (χ4v) is 3.75. The number of carbonyl (C=O) groups excluding carboxylic acids is 1. The maximum absolute atomic E-state index is 12.1. The predicted octanol–water partition coefficient (Wildman–Crippen LogP) is 1.19. The van der Waals surface area contributed by atoms with E-state index in [9.17, 15) is 4.79 Å². The molecule has 1 amide bonds.